The minimum Gasteiger partial charge on any atom is -0.352 e. The van der Waals surface area contributed by atoms with E-state index in [9.17, 15) is 9.59 Å². The van der Waals surface area contributed by atoms with E-state index in [1.165, 1.54) is 7.11 Å². The van der Waals surface area contributed by atoms with Crippen LogP contribution < -0.4 is 10.8 Å². The van der Waals surface area contributed by atoms with Crippen LogP contribution in [0.4, 0.5) is 4.79 Å². The van der Waals surface area contributed by atoms with Gasteiger partial charge in [0.1, 0.15) is 0 Å². The van der Waals surface area contributed by atoms with Crippen LogP contribution in [0.3, 0.4) is 0 Å². The van der Waals surface area contributed by atoms with Crippen LogP contribution in [0.2, 0.25) is 0 Å². The number of carbonyl (C=O) groups excluding carboxylic acids is 2. The molecule has 1 atom stereocenters. The quantitative estimate of drug-likeness (QED) is 0.359. The largest absolute Gasteiger partial charge is 0.352 e. The Morgan fingerprint density at radius 1 is 1.26 bits per heavy atom. The highest BCUT2D eigenvalue weighted by Gasteiger charge is 2.30. The molecule has 1 aliphatic heterocycles. The maximum absolute atomic E-state index is 13.0. The van der Waals surface area contributed by atoms with E-state index >= 15 is 0 Å². The van der Waals surface area contributed by atoms with Crippen molar-refractivity contribution in [2.24, 2.45) is 0 Å². The number of nitrogens with one attached hydrogen (secondary N) is 2. The number of thiophene rings is 1. The molecule has 0 saturated carbocycles. The van der Waals surface area contributed by atoms with Crippen LogP contribution in [0, 0.1) is 13.8 Å². The minimum atomic E-state index is -0.202. The molecule has 1 saturated heterocycles. The van der Waals surface area contributed by atoms with Gasteiger partial charge in [-0.1, -0.05) is 0 Å². The highest BCUT2D eigenvalue weighted by atomic mass is 32.1. The monoisotopic (exact) mass is 550 g/mol. The first-order valence-corrected chi connectivity index (χ1v) is 14.3. The molecule has 3 amide bonds. The van der Waals surface area contributed by atoms with Gasteiger partial charge in [0.05, 0.1) is 24.1 Å². The fourth-order valence-corrected chi connectivity index (χ4v) is 5.89. The number of hydrogen-bond acceptors (Lipinski definition) is 7. The van der Waals surface area contributed by atoms with Gasteiger partial charge in [-0.2, -0.15) is 11.3 Å². The summed E-state index contributed by atoms with van der Waals surface area (Å²) in [5.74, 6) is -0.0885. The molecule has 2 N–H and O–H groups in total. The summed E-state index contributed by atoms with van der Waals surface area (Å²) in [6.07, 6.45) is 6.15. The van der Waals surface area contributed by atoms with Crippen molar-refractivity contribution in [3.05, 3.63) is 69.8 Å². The fourth-order valence-electron chi connectivity index (χ4n) is 5.23. The minimum absolute atomic E-state index is 0.0885. The predicted octanol–water partition coefficient (Wildman–Crippen LogP) is 4.57. The highest BCUT2D eigenvalue weighted by Crippen LogP contribution is 2.23. The van der Waals surface area contributed by atoms with Gasteiger partial charge in [-0.05, 0) is 86.2 Å². The lowest BCUT2D eigenvalue weighted by Gasteiger charge is -2.40. The molecular formula is C29H38N6O3S. The number of amides is 3. The van der Waals surface area contributed by atoms with Gasteiger partial charge in [0.2, 0.25) is 0 Å². The Kier molecular flexibility index (Phi) is 10.0. The Labute approximate surface area is 234 Å². The first-order chi connectivity index (χ1) is 18.9. The summed E-state index contributed by atoms with van der Waals surface area (Å²) in [6.45, 7) is 8.99. The second-order valence-electron chi connectivity index (χ2n) is 10.1. The Morgan fingerprint density at radius 3 is 2.69 bits per heavy atom. The third kappa shape index (κ3) is 7.40. The zero-order valence-electron chi connectivity index (χ0n) is 23.1. The van der Waals surface area contributed by atoms with Crippen molar-refractivity contribution in [1.29, 1.82) is 0 Å². The van der Waals surface area contributed by atoms with E-state index in [0.29, 0.717) is 30.4 Å². The number of aromatic nitrogens is 2. The van der Waals surface area contributed by atoms with Crippen LogP contribution in [0.1, 0.15) is 53.4 Å². The summed E-state index contributed by atoms with van der Waals surface area (Å²) in [5.41, 5.74) is 7.62. The number of hydroxylamine groups is 1. The van der Waals surface area contributed by atoms with E-state index in [2.05, 4.69) is 44.0 Å². The van der Waals surface area contributed by atoms with E-state index < -0.39 is 0 Å². The molecule has 10 heteroatoms. The number of nitrogens with zero attached hydrogens (tertiary/aromatic N) is 4. The van der Waals surface area contributed by atoms with Crippen molar-refractivity contribution < 1.29 is 14.4 Å². The third-order valence-electron chi connectivity index (χ3n) is 7.38. The van der Waals surface area contributed by atoms with E-state index in [4.69, 9.17) is 4.84 Å². The summed E-state index contributed by atoms with van der Waals surface area (Å²) in [7, 11) is 1.46. The van der Waals surface area contributed by atoms with E-state index in [1.807, 2.05) is 42.3 Å². The van der Waals surface area contributed by atoms with Crippen molar-refractivity contribution in [2.45, 2.75) is 58.7 Å². The average Bonchev–Trinajstić information content (AvgIpc) is 3.45. The van der Waals surface area contributed by atoms with Gasteiger partial charge in [0.15, 0.2) is 0 Å². The van der Waals surface area contributed by atoms with E-state index in [1.54, 1.807) is 23.7 Å². The molecule has 0 aliphatic carbocycles. The van der Waals surface area contributed by atoms with Crippen molar-refractivity contribution in [2.75, 3.05) is 26.7 Å². The van der Waals surface area contributed by atoms with E-state index in [-0.39, 0.29) is 18.0 Å². The molecule has 39 heavy (non-hydrogen) atoms. The van der Waals surface area contributed by atoms with Gasteiger partial charge in [0.25, 0.3) is 5.91 Å². The van der Waals surface area contributed by atoms with Gasteiger partial charge < -0.3 is 15.1 Å². The molecule has 0 unspecified atom stereocenters. The Balaban J connectivity index is 1.27. The Bertz CT molecular complexity index is 1210. The summed E-state index contributed by atoms with van der Waals surface area (Å²) < 4.78 is 0. The lowest BCUT2D eigenvalue weighted by Crippen LogP contribution is -2.51. The van der Waals surface area contributed by atoms with Crippen molar-refractivity contribution in [1.82, 2.24) is 30.6 Å². The molecule has 4 heterocycles. The Hall–Kier alpha value is -3.34. The number of pyridine rings is 2. The van der Waals surface area contributed by atoms with Crippen LogP contribution in [-0.4, -0.2) is 70.5 Å². The number of piperidine rings is 1. The standard InChI is InChI=1S/C29H38N6O3S/c1-20-16-26(24-6-5-11-30-17-24)32-22(3)27(20)28(36)31-12-7-21(2)34-13-8-25(9-14-34)35(29(37)33-38-4)18-23-10-15-39-19-23/h5-6,10-11,15-17,19,21,25H,7-9,12-14,18H2,1-4H3,(H,31,36)(H,33,37)/t21-/m1/s1. The molecule has 3 aromatic rings. The molecule has 0 bridgehead atoms. The summed E-state index contributed by atoms with van der Waals surface area (Å²) in [4.78, 5) is 43.8. The molecule has 0 radical (unpaired) electrons. The van der Waals surface area contributed by atoms with Crippen LogP contribution in [0.5, 0.6) is 0 Å². The van der Waals surface area contributed by atoms with Crippen LogP contribution in [-0.2, 0) is 11.4 Å². The molecule has 0 spiro atoms. The van der Waals surface area contributed by atoms with Crippen molar-refractivity contribution >= 4 is 23.3 Å². The molecule has 1 aliphatic rings. The number of likely N-dealkylation sites (tertiary alicyclic amines) is 1. The number of rotatable bonds is 10. The van der Waals surface area contributed by atoms with E-state index in [0.717, 1.165) is 54.7 Å². The van der Waals surface area contributed by atoms with Gasteiger partial charge in [-0.25, -0.2) is 10.3 Å². The number of aryl methyl sites for hydroxylation is 2. The topological polar surface area (TPSA) is 99.7 Å². The van der Waals surface area contributed by atoms with Gasteiger partial charge >= 0.3 is 6.03 Å². The highest BCUT2D eigenvalue weighted by molar-refractivity contribution is 7.07. The van der Waals surface area contributed by atoms with Crippen molar-refractivity contribution in [3.63, 3.8) is 0 Å². The lowest BCUT2D eigenvalue weighted by atomic mass is 10.0. The maximum atomic E-state index is 13.0. The summed E-state index contributed by atoms with van der Waals surface area (Å²) in [5, 5.41) is 7.20. The fraction of sp³-hybridized carbons (Fsp3) is 0.448. The maximum Gasteiger partial charge on any atom is 0.341 e. The third-order valence-corrected chi connectivity index (χ3v) is 8.11. The van der Waals surface area contributed by atoms with Crippen LogP contribution in [0.15, 0.2) is 47.4 Å². The zero-order valence-corrected chi connectivity index (χ0v) is 24.0. The SMILES string of the molecule is CONC(=O)N(Cc1ccsc1)C1CCN([C@H](C)CCNC(=O)c2c(C)cc(-c3cccnc3)nc2C)CC1. The molecule has 9 nitrogen and oxygen atoms in total. The van der Waals surface area contributed by atoms with Crippen LogP contribution in [0.25, 0.3) is 11.3 Å². The first kappa shape index (κ1) is 28.7. The van der Waals surface area contributed by atoms with Gasteiger partial charge in [-0.3, -0.25) is 19.6 Å². The molecule has 208 valence electrons. The smallest absolute Gasteiger partial charge is 0.341 e. The molecule has 3 aromatic heterocycles. The number of hydrogen-bond donors (Lipinski definition) is 2. The number of urea groups is 1. The summed E-state index contributed by atoms with van der Waals surface area (Å²) in [6, 6.07) is 8.11. The Morgan fingerprint density at radius 2 is 2.05 bits per heavy atom. The zero-order chi connectivity index (χ0) is 27.8. The summed E-state index contributed by atoms with van der Waals surface area (Å²) >= 11 is 1.63. The molecular weight excluding hydrogens is 512 g/mol. The van der Waals surface area contributed by atoms with Crippen molar-refractivity contribution in [3.8, 4) is 11.3 Å². The normalized spacial score (nSPS) is 15.1. The number of carbonyl (C=O) groups is 2. The second-order valence-corrected chi connectivity index (χ2v) is 10.8. The lowest BCUT2D eigenvalue weighted by molar-refractivity contribution is 0.0565. The average molecular weight is 551 g/mol. The van der Waals surface area contributed by atoms with Gasteiger partial charge in [-0.15, -0.1) is 0 Å². The molecule has 4 rings (SSSR count). The predicted molar refractivity (Wildman–Crippen MR) is 153 cm³/mol. The molecule has 0 aromatic carbocycles. The first-order valence-electron chi connectivity index (χ1n) is 13.4. The second kappa shape index (κ2) is 13.6. The van der Waals surface area contributed by atoms with Gasteiger partial charge in [0, 0.05) is 56.2 Å². The molecule has 1 fully saturated rings. The van der Waals surface area contributed by atoms with Crippen LogP contribution >= 0.6 is 11.3 Å².